The normalized spacial score (nSPS) is 13.5. The third-order valence-electron chi connectivity index (χ3n) is 2.57. The summed E-state index contributed by atoms with van der Waals surface area (Å²) in [7, 11) is 1.66. The molecule has 4 nitrogen and oxygen atoms in total. The zero-order valence-corrected chi connectivity index (χ0v) is 10.2. The van der Waals surface area contributed by atoms with Crippen molar-refractivity contribution in [3.63, 3.8) is 0 Å². The van der Waals surface area contributed by atoms with Gasteiger partial charge in [0, 0.05) is 7.05 Å². The monoisotopic (exact) mass is 270 g/mol. The number of rotatable bonds is 4. The molecule has 0 radical (unpaired) electrons. The fraction of sp³-hybridized carbons (Fsp3) is 0.333. The first kappa shape index (κ1) is 13.5. The lowest BCUT2D eigenvalue weighted by molar-refractivity contribution is -0.158. The molecule has 0 bridgehead atoms. The van der Waals surface area contributed by atoms with Crippen molar-refractivity contribution < 1.29 is 13.2 Å². The van der Waals surface area contributed by atoms with E-state index in [-0.39, 0.29) is 12.1 Å². The number of hydrogen-bond donors (Lipinski definition) is 1. The van der Waals surface area contributed by atoms with E-state index in [0.717, 1.165) is 0 Å². The van der Waals surface area contributed by atoms with Crippen molar-refractivity contribution in [1.29, 1.82) is 0 Å². The third-order valence-corrected chi connectivity index (χ3v) is 2.57. The van der Waals surface area contributed by atoms with Crippen LogP contribution in [-0.4, -0.2) is 20.9 Å². The summed E-state index contributed by atoms with van der Waals surface area (Å²) in [5.41, 5.74) is 0.172. The molecule has 0 aliphatic carbocycles. The van der Waals surface area contributed by atoms with E-state index < -0.39 is 12.2 Å². The topological polar surface area (TPSA) is 42.7 Å². The third kappa shape index (κ3) is 3.54. The van der Waals surface area contributed by atoms with Gasteiger partial charge in [-0.25, -0.2) is 4.98 Å². The molecule has 0 amide bonds. The Morgan fingerprint density at radius 2 is 1.95 bits per heavy atom. The van der Waals surface area contributed by atoms with Gasteiger partial charge >= 0.3 is 6.18 Å². The van der Waals surface area contributed by atoms with Crippen LogP contribution in [0.1, 0.15) is 17.4 Å². The van der Waals surface area contributed by atoms with Crippen molar-refractivity contribution in [2.45, 2.75) is 18.8 Å². The Labute approximate surface area is 108 Å². The van der Waals surface area contributed by atoms with Crippen LogP contribution in [0.4, 0.5) is 13.2 Å². The molecule has 102 valence electrons. The molecule has 0 spiro atoms. The number of halogens is 3. The zero-order chi connectivity index (χ0) is 13.9. The first-order chi connectivity index (χ1) is 8.97. The van der Waals surface area contributed by atoms with E-state index in [1.807, 2.05) is 0 Å². The number of alkyl halides is 3. The van der Waals surface area contributed by atoms with E-state index in [0.29, 0.717) is 5.82 Å². The SMILES string of the molecule is Cn1cnc(CNC(c2ccccc2)C(F)(F)F)n1. The molecule has 1 aromatic heterocycles. The molecule has 19 heavy (non-hydrogen) atoms. The van der Waals surface area contributed by atoms with Crippen LogP contribution in [-0.2, 0) is 13.6 Å². The van der Waals surface area contributed by atoms with Gasteiger partial charge in [0.1, 0.15) is 12.4 Å². The number of nitrogens with one attached hydrogen (secondary N) is 1. The van der Waals surface area contributed by atoms with Crippen LogP contribution >= 0.6 is 0 Å². The minimum Gasteiger partial charge on any atom is -0.295 e. The van der Waals surface area contributed by atoms with Gasteiger partial charge in [-0.05, 0) is 5.56 Å². The molecule has 0 aliphatic rings. The summed E-state index contributed by atoms with van der Waals surface area (Å²) >= 11 is 0. The van der Waals surface area contributed by atoms with Gasteiger partial charge in [-0.3, -0.25) is 10.00 Å². The highest BCUT2D eigenvalue weighted by Gasteiger charge is 2.40. The maximum atomic E-state index is 13.0. The van der Waals surface area contributed by atoms with Gasteiger partial charge in [-0.1, -0.05) is 30.3 Å². The van der Waals surface area contributed by atoms with E-state index in [9.17, 15) is 13.2 Å². The van der Waals surface area contributed by atoms with Crippen LogP contribution in [0.15, 0.2) is 36.7 Å². The average molecular weight is 270 g/mol. The molecule has 1 N–H and O–H groups in total. The second kappa shape index (κ2) is 5.40. The number of aromatic nitrogens is 3. The van der Waals surface area contributed by atoms with E-state index >= 15 is 0 Å². The minimum absolute atomic E-state index is 0.0418. The molecule has 1 heterocycles. The lowest BCUT2D eigenvalue weighted by Gasteiger charge is -2.21. The molecule has 1 atom stereocenters. The second-order valence-corrected chi connectivity index (χ2v) is 4.10. The van der Waals surface area contributed by atoms with Gasteiger partial charge in [0.2, 0.25) is 0 Å². The average Bonchev–Trinajstić information content (AvgIpc) is 2.75. The van der Waals surface area contributed by atoms with Crippen LogP contribution in [0, 0.1) is 0 Å². The number of nitrogens with zero attached hydrogens (tertiary/aromatic N) is 3. The van der Waals surface area contributed by atoms with Gasteiger partial charge in [0.05, 0.1) is 6.54 Å². The Balaban J connectivity index is 2.11. The van der Waals surface area contributed by atoms with Crippen molar-refractivity contribution in [3.8, 4) is 0 Å². The smallest absolute Gasteiger partial charge is 0.295 e. The summed E-state index contributed by atoms with van der Waals surface area (Å²) in [6.45, 7) is -0.0418. The van der Waals surface area contributed by atoms with E-state index in [2.05, 4.69) is 15.4 Å². The van der Waals surface area contributed by atoms with E-state index in [1.54, 1.807) is 25.2 Å². The Morgan fingerprint density at radius 1 is 1.26 bits per heavy atom. The van der Waals surface area contributed by atoms with Crippen LogP contribution in [0.25, 0.3) is 0 Å². The van der Waals surface area contributed by atoms with Gasteiger partial charge in [-0.2, -0.15) is 18.3 Å². The molecule has 2 aromatic rings. The maximum absolute atomic E-state index is 13.0. The minimum atomic E-state index is -4.36. The highest BCUT2D eigenvalue weighted by molar-refractivity contribution is 5.20. The van der Waals surface area contributed by atoms with Crippen LogP contribution in [0.5, 0.6) is 0 Å². The van der Waals surface area contributed by atoms with E-state index in [1.165, 1.54) is 23.1 Å². The molecule has 2 rings (SSSR count). The summed E-state index contributed by atoms with van der Waals surface area (Å²) in [6, 6.07) is 5.99. The van der Waals surface area contributed by atoms with Crippen molar-refractivity contribution in [2.24, 2.45) is 7.05 Å². The molecule has 0 aliphatic heterocycles. The summed E-state index contributed by atoms with van der Waals surface area (Å²) in [6.07, 6.45) is -2.92. The van der Waals surface area contributed by atoms with E-state index in [4.69, 9.17) is 0 Å². The predicted octanol–water partition coefficient (Wildman–Crippen LogP) is 2.21. The number of aryl methyl sites for hydroxylation is 1. The molecule has 0 saturated heterocycles. The van der Waals surface area contributed by atoms with Crippen molar-refractivity contribution in [2.75, 3.05) is 0 Å². The first-order valence-electron chi connectivity index (χ1n) is 5.66. The Morgan fingerprint density at radius 3 is 2.47 bits per heavy atom. The van der Waals surface area contributed by atoms with Crippen LogP contribution in [0.3, 0.4) is 0 Å². The molecule has 1 aromatic carbocycles. The van der Waals surface area contributed by atoms with Crippen molar-refractivity contribution in [1.82, 2.24) is 20.1 Å². The lowest BCUT2D eigenvalue weighted by atomic mass is 10.1. The first-order valence-corrected chi connectivity index (χ1v) is 5.66. The molecule has 0 saturated carbocycles. The van der Waals surface area contributed by atoms with Crippen molar-refractivity contribution >= 4 is 0 Å². The molecular weight excluding hydrogens is 257 g/mol. The van der Waals surface area contributed by atoms with Crippen molar-refractivity contribution in [3.05, 3.63) is 48.0 Å². The highest BCUT2D eigenvalue weighted by Crippen LogP contribution is 2.32. The number of benzene rings is 1. The fourth-order valence-electron chi connectivity index (χ4n) is 1.73. The summed E-state index contributed by atoms with van der Waals surface area (Å²) < 4.78 is 40.5. The number of hydrogen-bond acceptors (Lipinski definition) is 3. The molecule has 7 heteroatoms. The van der Waals surface area contributed by atoms with Gasteiger partial charge in [0.15, 0.2) is 5.82 Å². The largest absolute Gasteiger partial charge is 0.407 e. The Bertz CT molecular complexity index is 521. The lowest BCUT2D eigenvalue weighted by Crippen LogP contribution is -2.34. The van der Waals surface area contributed by atoms with Gasteiger partial charge in [0.25, 0.3) is 0 Å². The summed E-state index contributed by atoms with van der Waals surface area (Å²) in [5.74, 6) is 0.327. The highest BCUT2D eigenvalue weighted by atomic mass is 19.4. The predicted molar refractivity (Wildman–Crippen MR) is 63.1 cm³/mol. The van der Waals surface area contributed by atoms with Crippen LogP contribution in [0.2, 0.25) is 0 Å². The Kier molecular flexibility index (Phi) is 3.84. The zero-order valence-electron chi connectivity index (χ0n) is 10.2. The second-order valence-electron chi connectivity index (χ2n) is 4.10. The van der Waals surface area contributed by atoms with Gasteiger partial charge < -0.3 is 0 Å². The summed E-state index contributed by atoms with van der Waals surface area (Å²) in [4.78, 5) is 3.89. The molecule has 0 fully saturated rings. The molecular formula is C12H13F3N4. The Hall–Kier alpha value is -1.89. The fourth-order valence-corrected chi connectivity index (χ4v) is 1.73. The van der Waals surface area contributed by atoms with Gasteiger partial charge in [-0.15, -0.1) is 0 Å². The maximum Gasteiger partial charge on any atom is 0.407 e. The molecule has 1 unspecified atom stereocenters. The quantitative estimate of drug-likeness (QED) is 0.926. The standard InChI is InChI=1S/C12H13F3N4/c1-19-8-17-10(18-19)7-16-11(12(13,14)15)9-5-3-2-4-6-9/h2-6,8,11,16H,7H2,1H3. The van der Waals surface area contributed by atoms with Crippen LogP contribution < -0.4 is 5.32 Å². The summed E-state index contributed by atoms with van der Waals surface area (Å²) in [5, 5.41) is 6.38.